The van der Waals surface area contributed by atoms with Crippen LogP contribution in [0.2, 0.25) is 0 Å². The SMILES string of the molecule is CC(=O)N1CCC[C@@H]2CN(C(=O)c3coc4cc(C)c(C)cc34)CC[C@@H]21. The van der Waals surface area contributed by atoms with E-state index in [1.807, 2.05) is 28.9 Å². The lowest BCUT2D eigenvalue weighted by atomic mass is 9.83. The summed E-state index contributed by atoms with van der Waals surface area (Å²) in [6.45, 7) is 8.04. The summed E-state index contributed by atoms with van der Waals surface area (Å²) in [6, 6.07) is 4.34. The Morgan fingerprint density at radius 1 is 1.12 bits per heavy atom. The van der Waals surface area contributed by atoms with Crippen molar-refractivity contribution in [1.29, 1.82) is 0 Å². The van der Waals surface area contributed by atoms with Gasteiger partial charge in [-0.05, 0) is 62.3 Å². The minimum Gasteiger partial charge on any atom is -0.463 e. The van der Waals surface area contributed by atoms with E-state index in [0.717, 1.165) is 54.4 Å². The van der Waals surface area contributed by atoms with E-state index in [-0.39, 0.29) is 17.9 Å². The normalized spacial score (nSPS) is 23.2. The lowest BCUT2D eigenvalue weighted by molar-refractivity contribution is -0.135. The summed E-state index contributed by atoms with van der Waals surface area (Å²) in [6.07, 6.45) is 4.57. The van der Waals surface area contributed by atoms with Crippen LogP contribution < -0.4 is 0 Å². The maximum absolute atomic E-state index is 13.1. The predicted octanol–water partition coefficient (Wildman–Crippen LogP) is 3.52. The zero-order valence-corrected chi connectivity index (χ0v) is 15.7. The zero-order valence-electron chi connectivity index (χ0n) is 15.7. The predicted molar refractivity (Wildman–Crippen MR) is 100 cm³/mol. The fourth-order valence-electron chi connectivity index (χ4n) is 4.60. The number of nitrogens with zero attached hydrogens (tertiary/aromatic N) is 2. The van der Waals surface area contributed by atoms with Crippen LogP contribution in [0.4, 0.5) is 0 Å². The standard InChI is InChI=1S/C21H26N2O3/c1-13-9-17-18(12-26-20(17)10-14(13)2)21(25)22-8-6-19-16(11-22)5-4-7-23(19)15(3)24/h9-10,12,16,19H,4-8,11H2,1-3H3/t16-,19+/m1/s1. The summed E-state index contributed by atoms with van der Waals surface area (Å²) >= 11 is 0. The molecule has 0 aliphatic carbocycles. The Morgan fingerprint density at radius 2 is 1.88 bits per heavy atom. The van der Waals surface area contributed by atoms with Crippen LogP contribution in [-0.2, 0) is 4.79 Å². The van der Waals surface area contributed by atoms with Crippen LogP contribution in [0, 0.1) is 19.8 Å². The van der Waals surface area contributed by atoms with E-state index in [2.05, 4.69) is 6.92 Å². The third-order valence-corrected chi connectivity index (χ3v) is 6.18. The maximum Gasteiger partial charge on any atom is 0.257 e. The molecule has 4 rings (SSSR count). The molecule has 2 atom stereocenters. The van der Waals surface area contributed by atoms with Crippen molar-refractivity contribution in [3.63, 3.8) is 0 Å². The van der Waals surface area contributed by atoms with Crippen molar-refractivity contribution in [1.82, 2.24) is 9.80 Å². The second-order valence-electron chi connectivity index (χ2n) is 7.80. The molecule has 138 valence electrons. The van der Waals surface area contributed by atoms with Crippen LogP contribution in [0.25, 0.3) is 11.0 Å². The van der Waals surface area contributed by atoms with E-state index in [1.165, 1.54) is 0 Å². The fourth-order valence-corrected chi connectivity index (χ4v) is 4.60. The number of likely N-dealkylation sites (tertiary alicyclic amines) is 2. The summed E-state index contributed by atoms with van der Waals surface area (Å²) in [5.74, 6) is 0.587. The van der Waals surface area contributed by atoms with Gasteiger partial charge in [-0.2, -0.15) is 0 Å². The van der Waals surface area contributed by atoms with Gasteiger partial charge in [0.25, 0.3) is 5.91 Å². The number of amides is 2. The Balaban J connectivity index is 1.57. The third-order valence-electron chi connectivity index (χ3n) is 6.18. The molecule has 2 amide bonds. The number of carbonyl (C=O) groups excluding carboxylic acids is 2. The number of rotatable bonds is 1. The average molecular weight is 354 g/mol. The first kappa shape index (κ1) is 17.1. The van der Waals surface area contributed by atoms with E-state index in [9.17, 15) is 9.59 Å². The first-order valence-electron chi connectivity index (χ1n) is 9.50. The van der Waals surface area contributed by atoms with Gasteiger partial charge in [0, 0.05) is 38.0 Å². The molecular weight excluding hydrogens is 328 g/mol. The number of fused-ring (bicyclic) bond motifs is 2. The Morgan fingerprint density at radius 3 is 2.65 bits per heavy atom. The molecule has 0 bridgehead atoms. The molecule has 0 N–H and O–H groups in total. The molecule has 2 aliphatic rings. The zero-order chi connectivity index (χ0) is 18.4. The van der Waals surface area contributed by atoms with Crippen molar-refractivity contribution >= 4 is 22.8 Å². The van der Waals surface area contributed by atoms with Crippen molar-refractivity contribution < 1.29 is 14.0 Å². The van der Waals surface area contributed by atoms with Crippen LogP contribution in [0.1, 0.15) is 47.7 Å². The van der Waals surface area contributed by atoms with Crippen LogP contribution >= 0.6 is 0 Å². The molecule has 5 nitrogen and oxygen atoms in total. The first-order valence-corrected chi connectivity index (χ1v) is 9.50. The summed E-state index contributed by atoms with van der Waals surface area (Å²) in [5, 5.41) is 0.897. The van der Waals surface area contributed by atoms with Gasteiger partial charge in [-0.3, -0.25) is 9.59 Å². The number of furan rings is 1. The van der Waals surface area contributed by atoms with Crippen LogP contribution in [0.3, 0.4) is 0 Å². The quantitative estimate of drug-likeness (QED) is 0.787. The molecular formula is C21H26N2O3. The topological polar surface area (TPSA) is 53.8 Å². The summed E-state index contributed by atoms with van der Waals surface area (Å²) in [7, 11) is 0. The first-order chi connectivity index (χ1) is 12.5. The number of hydrogen-bond donors (Lipinski definition) is 0. The lowest BCUT2D eigenvalue weighted by Gasteiger charge is -2.47. The van der Waals surface area contributed by atoms with Crippen molar-refractivity contribution in [2.24, 2.45) is 5.92 Å². The van der Waals surface area contributed by atoms with Gasteiger partial charge in [0.2, 0.25) is 5.91 Å². The Labute approximate surface area is 153 Å². The van der Waals surface area contributed by atoms with Gasteiger partial charge in [0.1, 0.15) is 11.8 Å². The molecule has 5 heteroatoms. The minimum atomic E-state index is 0.0467. The van der Waals surface area contributed by atoms with E-state index in [4.69, 9.17) is 4.42 Å². The Bertz CT molecular complexity index is 870. The molecule has 0 radical (unpaired) electrons. The van der Waals surface area contributed by atoms with Crippen LogP contribution in [0.5, 0.6) is 0 Å². The minimum absolute atomic E-state index is 0.0467. The van der Waals surface area contributed by atoms with Gasteiger partial charge < -0.3 is 14.2 Å². The van der Waals surface area contributed by atoms with Crippen molar-refractivity contribution in [3.05, 3.63) is 35.1 Å². The molecule has 2 saturated heterocycles. The second kappa shape index (κ2) is 6.45. The highest BCUT2D eigenvalue weighted by atomic mass is 16.3. The number of benzene rings is 1. The van der Waals surface area contributed by atoms with Gasteiger partial charge >= 0.3 is 0 Å². The van der Waals surface area contributed by atoms with Crippen molar-refractivity contribution in [2.45, 2.75) is 46.1 Å². The van der Waals surface area contributed by atoms with Gasteiger partial charge in [0.15, 0.2) is 0 Å². The van der Waals surface area contributed by atoms with E-state index in [1.54, 1.807) is 13.2 Å². The van der Waals surface area contributed by atoms with Crippen molar-refractivity contribution in [3.8, 4) is 0 Å². The molecule has 0 saturated carbocycles. The number of aryl methyl sites for hydroxylation is 2. The number of carbonyl (C=O) groups is 2. The molecule has 26 heavy (non-hydrogen) atoms. The van der Waals surface area contributed by atoms with Gasteiger partial charge in [-0.25, -0.2) is 0 Å². The monoisotopic (exact) mass is 354 g/mol. The summed E-state index contributed by atoms with van der Waals surface area (Å²) in [4.78, 5) is 29.0. The maximum atomic E-state index is 13.1. The highest BCUT2D eigenvalue weighted by Gasteiger charge is 2.38. The average Bonchev–Trinajstić information content (AvgIpc) is 3.02. The lowest BCUT2D eigenvalue weighted by Crippen LogP contribution is -2.56. The van der Waals surface area contributed by atoms with Crippen molar-refractivity contribution in [2.75, 3.05) is 19.6 Å². The second-order valence-corrected chi connectivity index (χ2v) is 7.80. The molecule has 0 spiro atoms. The largest absolute Gasteiger partial charge is 0.463 e. The molecule has 2 fully saturated rings. The Hall–Kier alpha value is -2.30. The van der Waals surface area contributed by atoms with E-state index < -0.39 is 0 Å². The van der Waals surface area contributed by atoms with Gasteiger partial charge in [-0.15, -0.1) is 0 Å². The number of piperidine rings is 2. The number of hydrogen-bond acceptors (Lipinski definition) is 3. The van der Waals surface area contributed by atoms with E-state index >= 15 is 0 Å². The molecule has 0 unspecified atom stereocenters. The smallest absolute Gasteiger partial charge is 0.257 e. The fraction of sp³-hybridized carbons (Fsp3) is 0.524. The van der Waals surface area contributed by atoms with Crippen LogP contribution in [0.15, 0.2) is 22.8 Å². The molecule has 2 aliphatic heterocycles. The highest BCUT2D eigenvalue weighted by Crippen LogP contribution is 2.32. The Kier molecular flexibility index (Phi) is 4.25. The summed E-state index contributed by atoms with van der Waals surface area (Å²) in [5.41, 5.74) is 3.75. The van der Waals surface area contributed by atoms with E-state index in [0.29, 0.717) is 18.0 Å². The highest BCUT2D eigenvalue weighted by molar-refractivity contribution is 6.06. The van der Waals surface area contributed by atoms with Crippen LogP contribution in [-0.4, -0.2) is 47.3 Å². The molecule has 1 aromatic carbocycles. The molecule has 2 aromatic rings. The van der Waals surface area contributed by atoms with Gasteiger partial charge in [-0.1, -0.05) is 0 Å². The molecule has 3 heterocycles. The molecule has 1 aromatic heterocycles. The van der Waals surface area contributed by atoms with Gasteiger partial charge in [0.05, 0.1) is 5.56 Å². The third kappa shape index (κ3) is 2.79. The summed E-state index contributed by atoms with van der Waals surface area (Å²) < 4.78 is 5.65.